The molecule has 118 valence electrons. The van der Waals surface area contributed by atoms with Gasteiger partial charge in [-0.1, -0.05) is 6.07 Å². The Morgan fingerprint density at radius 1 is 1.32 bits per heavy atom. The summed E-state index contributed by atoms with van der Waals surface area (Å²) >= 11 is 0. The minimum atomic E-state index is -0.0354. The third-order valence-electron chi connectivity index (χ3n) is 5.29. The molecule has 1 amide bonds. The highest BCUT2D eigenvalue weighted by molar-refractivity contribution is 5.95. The van der Waals surface area contributed by atoms with E-state index in [1.807, 2.05) is 18.2 Å². The van der Waals surface area contributed by atoms with Gasteiger partial charge >= 0.3 is 0 Å². The van der Waals surface area contributed by atoms with Crippen LogP contribution in [-0.4, -0.2) is 37.2 Å². The summed E-state index contributed by atoms with van der Waals surface area (Å²) in [4.78, 5) is 12.7. The number of carbonyl (C=O) groups is 1. The van der Waals surface area contributed by atoms with Gasteiger partial charge in [-0.25, -0.2) is 0 Å². The number of hydrogen-bond donors (Lipinski definition) is 3. The first-order valence-electron chi connectivity index (χ1n) is 8.29. The molecular formula is C17H23N3O2. The smallest absolute Gasteiger partial charge is 0.251 e. The number of nitrogens with one attached hydrogen (secondary N) is 3. The Balaban J connectivity index is 1.54. The molecule has 3 aliphatic rings. The summed E-state index contributed by atoms with van der Waals surface area (Å²) in [7, 11) is 0. The van der Waals surface area contributed by atoms with Crippen molar-refractivity contribution in [2.24, 2.45) is 0 Å². The first kappa shape index (κ1) is 14.0. The van der Waals surface area contributed by atoms with E-state index < -0.39 is 0 Å². The fourth-order valence-electron chi connectivity index (χ4n) is 4.08. The molecular weight excluding hydrogens is 278 g/mol. The standard InChI is InChI=1S/C17H23N3O2/c21-16(20-17-5-1-2-15(17)19-7-6-17)12-3-4-13-11-18-8-9-22-14(13)10-12/h3-4,10,15,18-19H,1-2,5-9,11H2,(H,20,21). The highest BCUT2D eigenvalue weighted by Gasteiger charge is 2.47. The van der Waals surface area contributed by atoms with Crippen molar-refractivity contribution in [2.75, 3.05) is 19.7 Å². The van der Waals surface area contributed by atoms with Crippen molar-refractivity contribution in [2.45, 2.75) is 43.8 Å². The predicted octanol–water partition coefficient (Wildman–Crippen LogP) is 1.18. The third-order valence-corrected chi connectivity index (χ3v) is 5.29. The number of benzene rings is 1. The van der Waals surface area contributed by atoms with Crippen LogP contribution in [-0.2, 0) is 6.54 Å². The molecule has 1 aliphatic carbocycles. The van der Waals surface area contributed by atoms with Crippen LogP contribution < -0.4 is 20.7 Å². The number of fused-ring (bicyclic) bond motifs is 2. The van der Waals surface area contributed by atoms with E-state index in [4.69, 9.17) is 4.74 Å². The van der Waals surface area contributed by atoms with Crippen molar-refractivity contribution < 1.29 is 9.53 Å². The van der Waals surface area contributed by atoms with Crippen molar-refractivity contribution >= 4 is 5.91 Å². The fourth-order valence-corrected chi connectivity index (χ4v) is 4.08. The molecule has 2 fully saturated rings. The summed E-state index contributed by atoms with van der Waals surface area (Å²) in [6, 6.07) is 6.24. The van der Waals surface area contributed by atoms with E-state index in [1.54, 1.807) is 0 Å². The first-order chi connectivity index (χ1) is 10.8. The normalized spacial score (nSPS) is 30.1. The van der Waals surface area contributed by atoms with Crippen molar-refractivity contribution in [3.63, 3.8) is 0 Å². The summed E-state index contributed by atoms with van der Waals surface area (Å²) in [5, 5.41) is 10.2. The largest absolute Gasteiger partial charge is 0.492 e. The molecule has 4 rings (SSSR count). The van der Waals surface area contributed by atoms with Crippen LogP contribution in [0.5, 0.6) is 5.75 Å². The first-order valence-corrected chi connectivity index (χ1v) is 8.29. The van der Waals surface area contributed by atoms with E-state index in [1.165, 1.54) is 12.8 Å². The zero-order chi connectivity index (χ0) is 15.0. The number of hydrogen-bond acceptors (Lipinski definition) is 4. The molecule has 2 atom stereocenters. The lowest BCUT2D eigenvalue weighted by Crippen LogP contribution is -2.52. The average molecular weight is 301 g/mol. The topological polar surface area (TPSA) is 62.4 Å². The Morgan fingerprint density at radius 2 is 2.27 bits per heavy atom. The van der Waals surface area contributed by atoms with Gasteiger partial charge in [0.05, 0.1) is 5.54 Å². The number of carbonyl (C=O) groups excluding carboxylic acids is 1. The zero-order valence-corrected chi connectivity index (χ0v) is 12.8. The summed E-state index contributed by atoms with van der Waals surface area (Å²) in [6.07, 6.45) is 4.48. The van der Waals surface area contributed by atoms with Gasteiger partial charge in [0.15, 0.2) is 0 Å². The lowest BCUT2D eigenvalue weighted by molar-refractivity contribution is 0.0897. The minimum absolute atomic E-state index is 0.0270. The van der Waals surface area contributed by atoms with Gasteiger partial charge in [-0.2, -0.15) is 0 Å². The molecule has 3 N–H and O–H groups in total. The van der Waals surface area contributed by atoms with E-state index in [9.17, 15) is 4.79 Å². The summed E-state index contributed by atoms with van der Waals surface area (Å²) in [5.41, 5.74) is 1.79. The summed E-state index contributed by atoms with van der Waals surface area (Å²) in [6.45, 7) is 3.29. The molecule has 1 aromatic rings. The number of amides is 1. The van der Waals surface area contributed by atoms with E-state index in [-0.39, 0.29) is 11.4 Å². The van der Waals surface area contributed by atoms with Gasteiger partial charge < -0.3 is 20.7 Å². The average Bonchev–Trinajstić information content (AvgIpc) is 2.98. The molecule has 1 aromatic carbocycles. The lowest BCUT2D eigenvalue weighted by atomic mass is 9.92. The van der Waals surface area contributed by atoms with Crippen LogP contribution in [0, 0.1) is 0 Å². The highest BCUT2D eigenvalue weighted by atomic mass is 16.5. The van der Waals surface area contributed by atoms with E-state index in [0.717, 1.165) is 43.8 Å². The van der Waals surface area contributed by atoms with Crippen molar-refractivity contribution in [1.82, 2.24) is 16.0 Å². The number of ether oxygens (including phenoxy) is 1. The van der Waals surface area contributed by atoms with Gasteiger partial charge in [0.25, 0.3) is 5.91 Å². The van der Waals surface area contributed by atoms with E-state index >= 15 is 0 Å². The van der Waals surface area contributed by atoms with Crippen LogP contribution in [0.4, 0.5) is 0 Å². The summed E-state index contributed by atoms with van der Waals surface area (Å²) in [5.74, 6) is 0.863. The molecule has 1 saturated heterocycles. The van der Waals surface area contributed by atoms with Gasteiger partial charge in [0, 0.05) is 30.3 Å². The fraction of sp³-hybridized carbons (Fsp3) is 0.588. The van der Waals surface area contributed by atoms with Crippen LogP contribution in [0.1, 0.15) is 41.6 Å². The molecule has 2 heterocycles. The Morgan fingerprint density at radius 3 is 3.23 bits per heavy atom. The monoisotopic (exact) mass is 301 g/mol. The zero-order valence-electron chi connectivity index (χ0n) is 12.8. The molecule has 5 heteroatoms. The summed E-state index contributed by atoms with van der Waals surface area (Å²) < 4.78 is 5.74. The SMILES string of the molecule is O=C(NC12CCCC1NCC2)c1ccc2c(c1)OCCNC2. The second-order valence-corrected chi connectivity index (χ2v) is 6.61. The maximum atomic E-state index is 12.7. The Hall–Kier alpha value is -1.59. The van der Waals surface area contributed by atoms with Crippen LogP contribution >= 0.6 is 0 Å². The van der Waals surface area contributed by atoms with Crippen LogP contribution in [0.3, 0.4) is 0 Å². The molecule has 2 aliphatic heterocycles. The number of rotatable bonds is 2. The molecule has 0 spiro atoms. The Bertz CT molecular complexity index is 577. The van der Waals surface area contributed by atoms with E-state index in [0.29, 0.717) is 18.2 Å². The van der Waals surface area contributed by atoms with Gasteiger partial charge in [-0.3, -0.25) is 4.79 Å². The molecule has 0 bridgehead atoms. The third kappa shape index (κ3) is 2.38. The van der Waals surface area contributed by atoms with Gasteiger partial charge in [-0.15, -0.1) is 0 Å². The van der Waals surface area contributed by atoms with Gasteiger partial charge in [0.2, 0.25) is 0 Å². The molecule has 5 nitrogen and oxygen atoms in total. The van der Waals surface area contributed by atoms with Crippen LogP contribution in [0.15, 0.2) is 18.2 Å². The van der Waals surface area contributed by atoms with E-state index in [2.05, 4.69) is 16.0 Å². The molecule has 1 saturated carbocycles. The van der Waals surface area contributed by atoms with Crippen molar-refractivity contribution in [3.8, 4) is 5.75 Å². The molecule has 0 radical (unpaired) electrons. The van der Waals surface area contributed by atoms with Crippen molar-refractivity contribution in [1.29, 1.82) is 0 Å². The van der Waals surface area contributed by atoms with Gasteiger partial charge in [0.1, 0.15) is 12.4 Å². The second kappa shape index (κ2) is 5.56. The molecule has 0 aromatic heterocycles. The molecule has 22 heavy (non-hydrogen) atoms. The van der Waals surface area contributed by atoms with Crippen molar-refractivity contribution in [3.05, 3.63) is 29.3 Å². The Labute approximate surface area is 130 Å². The minimum Gasteiger partial charge on any atom is -0.492 e. The quantitative estimate of drug-likeness (QED) is 0.768. The Kier molecular flexibility index (Phi) is 3.54. The maximum Gasteiger partial charge on any atom is 0.251 e. The highest BCUT2D eigenvalue weighted by Crippen LogP contribution is 2.37. The lowest BCUT2D eigenvalue weighted by Gasteiger charge is -2.30. The maximum absolute atomic E-state index is 12.7. The predicted molar refractivity (Wildman–Crippen MR) is 84.1 cm³/mol. The van der Waals surface area contributed by atoms with Gasteiger partial charge in [-0.05, 0) is 44.4 Å². The molecule has 2 unspecified atom stereocenters. The second-order valence-electron chi connectivity index (χ2n) is 6.61. The van der Waals surface area contributed by atoms with Crippen LogP contribution in [0.2, 0.25) is 0 Å². The van der Waals surface area contributed by atoms with Crippen LogP contribution in [0.25, 0.3) is 0 Å².